The Morgan fingerprint density at radius 3 is 2.24 bits per heavy atom. The van der Waals surface area contributed by atoms with Crippen molar-refractivity contribution >= 4 is 0 Å². The molecule has 112 valence electrons. The van der Waals surface area contributed by atoms with Crippen LogP contribution in [-0.2, 0) is 0 Å². The highest BCUT2D eigenvalue weighted by Gasteiger charge is 2.09. The third-order valence-electron chi connectivity index (χ3n) is 3.76. The van der Waals surface area contributed by atoms with Gasteiger partial charge in [-0.15, -0.1) is 0 Å². The Balaban J connectivity index is 2.20. The average molecular weight is 285 g/mol. The standard InChI is InChI=1S/C18H23NO2/c1-12-5-6-13(2)18(14(12)3)21-16-9-7-15(8-10-16)17(20)11-19-4/h5-10,17,19-20H,11H2,1-4H3. The summed E-state index contributed by atoms with van der Waals surface area (Å²) in [6.45, 7) is 6.74. The van der Waals surface area contributed by atoms with E-state index in [4.69, 9.17) is 4.74 Å². The predicted molar refractivity (Wildman–Crippen MR) is 86.1 cm³/mol. The summed E-state index contributed by atoms with van der Waals surface area (Å²) >= 11 is 0. The first-order valence-corrected chi connectivity index (χ1v) is 7.20. The first-order valence-electron chi connectivity index (χ1n) is 7.20. The normalized spacial score (nSPS) is 12.2. The molecule has 0 fully saturated rings. The van der Waals surface area contributed by atoms with Crippen LogP contribution in [0, 0.1) is 20.8 Å². The third kappa shape index (κ3) is 3.63. The molecule has 0 amide bonds. The second kappa shape index (κ2) is 6.74. The fraction of sp³-hybridized carbons (Fsp3) is 0.333. The Kier molecular flexibility index (Phi) is 4.99. The van der Waals surface area contributed by atoms with E-state index in [1.165, 1.54) is 5.56 Å². The smallest absolute Gasteiger partial charge is 0.133 e. The number of aliphatic hydroxyl groups excluding tert-OH is 1. The van der Waals surface area contributed by atoms with Crippen LogP contribution in [0.25, 0.3) is 0 Å². The van der Waals surface area contributed by atoms with E-state index in [1.807, 2.05) is 38.2 Å². The SMILES string of the molecule is CNCC(O)c1ccc(Oc2c(C)ccc(C)c2C)cc1. The number of aliphatic hydroxyl groups is 1. The zero-order chi connectivity index (χ0) is 15.4. The summed E-state index contributed by atoms with van der Waals surface area (Å²) in [4.78, 5) is 0. The van der Waals surface area contributed by atoms with Gasteiger partial charge in [0.25, 0.3) is 0 Å². The molecule has 3 heteroatoms. The van der Waals surface area contributed by atoms with Crippen molar-refractivity contribution in [2.24, 2.45) is 0 Å². The fourth-order valence-electron chi connectivity index (χ4n) is 2.27. The molecule has 3 nitrogen and oxygen atoms in total. The lowest BCUT2D eigenvalue weighted by Gasteiger charge is -2.15. The van der Waals surface area contributed by atoms with Crippen LogP contribution in [0.15, 0.2) is 36.4 Å². The summed E-state index contributed by atoms with van der Waals surface area (Å²) in [5.74, 6) is 1.70. The van der Waals surface area contributed by atoms with Crippen molar-refractivity contribution in [3.05, 3.63) is 58.7 Å². The van der Waals surface area contributed by atoms with Gasteiger partial charge >= 0.3 is 0 Å². The Labute approximate surface area is 126 Å². The summed E-state index contributed by atoms with van der Waals surface area (Å²) in [5, 5.41) is 12.9. The van der Waals surface area contributed by atoms with Crippen molar-refractivity contribution in [2.75, 3.05) is 13.6 Å². The molecule has 2 rings (SSSR count). The minimum atomic E-state index is -0.494. The molecule has 0 aliphatic carbocycles. The topological polar surface area (TPSA) is 41.5 Å². The quantitative estimate of drug-likeness (QED) is 0.881. The summed E-state index contributed by atoms with van der Waals surface area (Å²) in [7, 11) is 1.82. The molecule has 0 saturated heterocycles. The minimum Gasteiger partial charge on any atom is -0.457 e. The van der Waals surface area contributed by atoms with Crippen LogP contribution in [0.5, 0.6) is 11.5 Å². The Bertz CT molecular complexity index is 605. The lowest BCUT2D eigenvalue weighted by molar-refractivity contribution is 0.177. The van der Waals surface area contributed by atoms with Gasteiger partial charge in [-0.25, -0.2) is 0 Å². The zero-order valence-corrected chi connectivity index (χ0v) is 13.1. The second-order valence-electron chi connectivity index (χ2n) is 5.40. The molecular weight excluding hydrogens is 262 g/mol. The van der Waals surface area contributed by atoms with Crippen LogP contribution >= 0.6 is 0 Å². The fourth-order valence-corrected chi connectivity index (χ4v) is 2.27. The van der Waals surface area contributed by atoms with Gasteiger partial charge in [0.1, 0.15) is 11.5 Å². The van der Waals surface area contributed by atoms with E-state index in [-0.39, 0.29) is 0 Å². The Hall–Kier alpha value is -1.84. The first-order chi connectivity index (χ1) is 10.0. The Morgan fingerprint density at radius 1 is 1.00 bits per heavy atom. The minimum absolute atomic E-state index is 0.494. The van der Waals surface area contributed by atoms with Crippen molar-refractivity contribution < 1.29 is 9.84 Å². The molecule has 0 spiro atoms. The maximum Gasteiger partial charge on any atom is 0.133 e. The van der Waals surface area contributed by atoms with E-state index < -0.39 is 6.10 Å². The van der Waals surface area contributed by atoms with E-state index >= 15 is 0 Å². The van der Waals surface area contributed by atoms with Gasteiger partial charge < -0.3 is 15.2 Å². The van der Waals surface area contributed by atoms with Gasteiger partial charge in [0.15, 0.2) is 0 Å². The maximum absolute atomic E-state index is 9.92. The lowest BCUT2D eigenvalue weighted by atomic mass is 10.1. The predicted octanol–water partition coefficient (Wildman–Crippen LogP) is 3.66. The summed E-state index contributed by atoms with van der Waals surface area (Å²) in [5.41, 5.74) is 4.39. The largest absolute Gasteiger partial charge is 0.457 e. The molecule has 0 aliphatic rings. The molecule has 0 aliphatic heterocycles. The van der Waals surface area contributed by atoms with Crippen LogP contribution in [0.3, 0.4) is 0 Å². The van der Waals surface area contributed by atoms with E-state index in [0.717, 1.165) is 28.2 Å². The molecule has 2 N–H and O–H groups in total. The number of aryl methyl sites for hydroxylation is 2. The first kappa shape index (κ1) is 15.5. The second-order valence-corrected chi connectivity index (χ2v) is 5.40. The highest BCUT2D eigenvalue weighted by molar-refractivity contribution is 5.47. The summed E-state index contributed by atoms with van der Waals surface area (Å²) < 4.78 is 6.02. The Morgan fingerprint density at radius 2 is 1.62 bits per heavy atom. The van der Waals surface area contributed by atoms with Crippen molar-refractivity contribution in [2.45, 2.75) is 26.9 Å². The van der Waals surface area contributed by atoms with Crippen molar-refractivity contribution in [3.63, 3.8) is 0 Å². The molecule has 0 aromatic heterocycles. The van der Waals surface area contributed by atoms with Crippen LogP contribution in [-0.4, -0.2) is 18.7 Å². The van der Waals surface area contributed by atoms with Crippen LogP contribution < -0.4 is 10.1 Å². The van der Waals surface area contributed by atoms with E-state index in [2.05, 4.69) is 31.3 Å². The van der Waals surface area contributed by atoms with Gasteiger partial charge in [-0.3, -0.25) is 0 Å². The van der Waals surface area contributed by atoms with Gasteiger partial charge in [0.05, 0.1) is 6.10 Å². The molecule has 0 heterocycles. The number of hydrogen-bond donors (Lipinski definition) is 2. The molecule has 2 aromatic carbocycles. The monoisotopic (exact) mass is 285 g/mol. The third-order valence-corrected chi connectivity index (χ3v) is 3.76. The number of rotatable bonds is 5. The maximum atomic E-state index is 9.92. The molecule has 2 aromatic rings. The van der Waals surface area contributed by atoms with Gasteiger partial charge in [0.2, 0.25) is 0 Å². The summed E-state index contributed by atoms with van der Waals surface area (Å²) in [6.07, 6.45) is -0.494. The van der Waals surface area contributed by atoms with Gasteiger partial charge in [0, 0.05) is 6.54 Å². The van der Waals surface area contributed by atoms with Crippen LogP contribution in [0.2, 0.25) is 0 Å². The van der Waals surface area contributed by atoms with Crippen molar-refractivity contribution in [3.8, 4) is 11.5 Å². The average Bonchev–Trinajstić information content (AvgIpc) is 2.48. The molecule has 1 atom stereocenters. The molecule has 1 unspecified atom stereocenters. The summed E-state index contributed by atoms with van der Waals surface area (Å²) in [6, 6.07) is 11.8. The number of hydrogen-bond acceptors (Lipinski definition) is 3. The van der Waals surface area contributed by atoms with Crippen molar-refractivity contribution in [1.29, 1.82) is 0 Å². The van der Waals surface area contributed by atoms with Gasteiger partial charge in [-0.05, 0) is 62.2 Å². The van der Waals surface area contributed by atoms with Crippen molar-refractivity contribution in [1.82, 2.24) is 5.32 Å². The zero-order valence-electron chi connectivity index (χ0n) is 13.1. The number of likely N-dealkylation sites (N-methyl/N-ethyl adjacent to an activating group) is 1. The van der Waals surface area contributed by atoms with Crippen LogP contribution in [0.4, 0.5) is 0 Å². The highest BCUT2D eigenvalue weighted by Crippen LogP contribution is 2.31. The van der Waals surface area contributed by atoms with E-state index in [0.29, 0.717) is 6.54 Å². The van der Waals surface area contributed by atoms with Crippen LogP contribution in [0.1, 0.15) is 28.4 Å². The molecule has 0 saturated carbocycles. The van der Waals surface area contributed by atoms with E-state index in [1.54, 1.807) is 0 Å². The highest BCUT2D eigenvalue weighted by atomic mass is 16.5. The van der Waals surface area contributed by atoms with E-state index in [9.17, 15) is 5.11 Å². The number of nitrogens with one attached hydrogen (secondary N) is 1. The number of benzene rings is 2. The molecule has 21 heavy (non-hydrogen) atoms. The molecule has 0 radical (unpaired) electrons. The van der Waals surface area contributed by atoms with Gasteiger partial charge in [-0.1, -0.05) is 24.3 Å². The van der Waals surface area contributed by atoms with Gasteiger partial charge in [-0.2, -0.15) is 0 Å². The molecular formula is C18H23NO2. The number of ether oxygens (including phenoxy) is 1. The lowest BCUT2D eigenvalue weighted by Crippen LogP contribution is -2.16. The molecule has 0 bridgehead atoms.